The molecule has 0 bridgehead atoms. The van der Waals surface area contributed by atoms with Crippen molar-refractivity contribution < 1.29 is 4.92 Å². The lowest BCUT2D eigenvalue weighted by atomic mass is 10.2. The zero-order valence-electron chi connectivity index (χ0n) is 10.8. The molecule has 1 N–H and O–H groups in total. The van der Waals surface area contributed by atoms with Crippen LogP contribution in [0.5, 0.6) is 0 Å². The van der Waals surface area contributed by atoms with Gasteiger partial charge in [-0.2, -0.15) is 0 Å². The minimum absolute atomic E-state index is 0.0920. The first-order chi connectivity index (χ1) is 9.04. The highest BCUT2D eigenvalue weighted by Crippen LogP contribution is 2.14. The van der Waals surface area contributed by atoms with E-state index in [1.54, 1.807) is 12.1 Å². The van der Waals surface area contributed by atoms with E-state index in [1.807, 2.05) is 26.0 Å². The lowest BCUT2D eigenvalue weighted by Gasteiger charge is -2.07. The van der Waals surface area contributed by atoms with E-state index in [9.17, 15) is 10.1 Å². The van der Waals surface area contributed by atoms with Gasteiger partial charge in [0.2, 0.25) is 0 Å². The molecule has 0 spiro atoms. The molecule has 2 aromatic rings. The van der Waals surface area contributed by atoms with Crippen LogP contribution in [0.1, 0.15) is 17.1 Å². The van der Waals surface area contributed by atoms with Crippen molar-refractivity contribution in [3.05, 3.63) is 57.5 Å². The fraction of sp³-hybridized carbons (Fsp3) is 0.231. The van der Waals surface area contributed by atoms with Gasteiger partial charge in [-0.1, -0.05) is 12.1 Å². The highest BCUT2D eigenvalue weighted by molar-refractivity contribution is 5.39. The van der Waals surface area contributed by atoms with Crippen molar-refractivity contribution in [3.8, 4) is 0 Å². The summed E-state index contributed by atoms with van der Waals surface area (Å²) < 4.78 is 0. The zero-order valence-corrected chi connectivity index (χ0v) is 10.8. The molecule has 6 nitrogen and oxygen atoms in total. The molecule has 0 fully saturated rings. The van der Waals surface area contributed by atoms with Crippen molar-refractivity contribution in [1.29, 1.82) is 0 Å². The van der Waals surface area contributed by atoms with E-state index in [2.05, 4.69) is 15.3 Å². The van der Waals surface area contributed by atoms with E-state index >= 15 is 0 Å². The molecule has 98 valence electrons. The maximum Gasteiger partial charge on any atom is 0.269 e. The van der Waals surface area contributed by atoms with Crippen LogP contribution in [0.3, 0.4) is 0 Å². The van der Waals surface area contributed by atoms with Gasteiger partial charge in [-0.25, -0.2) is 9.97 Å². The number of nitrogens with zero attached hydrogens (tertiary/aromatic N) is 3. The van der Waals surface area contributed by atoms with E-state index < -0.39 is 4.92 Å². The summed E-state index contributed by atoms with van der Waals surface area (Å²) in [5.74, 6) is 1.41. The Balaban J connectivity index is 2.10. The smallest absolute Gasteiger partial charge is 0.269 e. The molecule has 0 aliphatic carbocycles. The van der Waals surface area contributed by atoms with Crippen LogP contribution in [0.15, 0.2) is 30.3 Å². The Morgan fingerprint density at radius 1 is 1.26 bits per heavy atom. The number of aryl methyl sites for hydroxylation is 2. The summed E-state index contributed by atoms with van der Waals surface area (Å²) in [4.78, 5) is 18.7. The van der Waals surface area contributed by atoms with E-state index in [0.29, 0.717) is 12.4 Å². The number of nitrogens with one attached hydrogen (secondary N) is 1. The van der Waals surface area contributed by atoms with Crippen LogP contribution in [0.4, 0.5) is 11.5 Å². The zero-order chi connectivity index (χ0) is 13.8. The molecular formula is C13H14N4O2. The van der Waals surface area contributed by atoms with Crippen molar-refractivity contribution in [1.82, 2.24) is 9.97 Å². The van der Waals surface area contributed by atoms with E-state index in [0.717, 1.165) is 17.1 Å². The van der Waals surface area contributed by atoms with Crippen molar-refractivity contribution in [2.75, 3.05) is 5.32 Å². The quantitative estimate of drug-likeness (QED) is 0.673. The number of hydrogen-bond donors (Lipinski definition) is 1. The Labute approximate surface area is 110 Å². The molecule has 0 aliphatic heterocycles. The summed E-state index contributed by atoms with van der Waals surface area (Å²) in [5.41, 5.74) is 1.81. The van der Waals surface area contributed by atoms with E-state index in [-0.39, 0.29) is 5.69 Å². The second-order valence-electron chi connectivity index (χ2n) is 4.22. The summed E-state index contributed by atoms with van der Waals surface area (Å²) in [5, 5.41) is 13.8. The molecule has 0 amide bonds. The normalized spacial score (nSPS) is 10.2. The van der Waals surface area contributed by atoms with E-state index in [4.69, 9.17) is 0 Å². The van der Waals surface area contributed by atoms with Gasteiger partial charge in [0.25, 0.3) is 5.69 Å². The number of nitro benzene ring substituents is 1. The molecule has 6 heteroatoms. The van der Waals surface area contributed by atoms with Gasteiger partial charge in [0.05, 0.1) is 4.92 Å². The molecule has 0 saturated carbocycles. The minimum atomic E-state index is -0.400. The standard InChI is InChI=1S/C13H14N4O2/c1-9-6-13(16-10(2)15-9)14-8-11-4-3-5-12(7-11)17(18)19/h3-7H,8H2,1-2H3,(H,14,15,16). The monoisotopic (exact) mass is 258 g/mol. The molecule has 0 aliphatic rings. The maximum absolute atomic E-state index is 10.7. The van der Waals surface area contributed by atoms with Gasteiger partial charge in [0.1, 0.15) is 11.6 Å². The average Bonchev–Trinajstić information content (AvgIpc) is 2.35. The first-order valence-corrected chi connectivity index (χ1v) is 5.84. The topological polar surface area (TPSA) is 81.0 Å². The Morgan fingerprint density at radius 3 is 2.74 bits per heavy atom. The van der Waals surface area contributed by atoms with Crippen molar-refractivity contribution >= 4 is 11.5 Å². The summed E-state index contributed by atoms with van der Waals surface area (Å²) >= 11 is 0. The average molecular weight is 258 g/mol. The minimum Gasteiger partial charge on any atom is -0.366 e. The Morgan fingerprint density at radius 2 is 2.05 bits per heavy atom. The predicted molar refractivity (Wildman–Crippen MR) is 71.9 cm³/mol. The second kappa shape index (κ2) is 5.43. The van der Waals surface area contributed by atoms with Crippen LogP contribution < -0.4 is 5.32 Å². The number of non-ortho nitro benzene ring substituents is 1. The largest absolute Gasteiger partial charge is 0.366 e. The van der Waals surface area contributed by atoms with Crippen LogP contribution >= 0.6 is 0 Å². The fourth-order valence-corrected chi connectivity index (χ4v) is 1.78. The van der Waals surface area contributed by atoms with Crippen LogP contribution in [-0.4, -0.2) is 14.9 Å². The van der Waals surface area contributed by atoms with Gasteiger partial charge in [0.15, 0.2) is 0 Å². The molecule has 2 rings (SSSR count). The number of aromatic nitrogens is 2. The van der Waals surface area contributed by atoms with Gasteiger partial charge in [0, 0.05) is 30.4 Å². The number of hydrogen-bond acceptors (Lipinski definition) is 5. The van der Waals surface area contributed by atoms with Crippen molar-refractivity contribution in [2.24, 2.45) is 0 Å². The number of anilines is 1. The molecule has 19 heavy (non-hydrogen) atoms. The number of benzene rings is 1. The first-order valence-electron chi connectivity index (χ1n) is 5.84. The fourth-order valence-electron chi connectivity index (χ4n) is 1.78. The third-order valence-electron chi connectivity index (χ3n) is 2.56. The Hall–Kier alpha value is -2.50. The Kier molecular flexibility index (Phi) is 3.70. The highest BCUT2D eigenvalue weighted by Gasteiger charge is 2.05. The van der Waals surface area contributed by atoms with E-state index in [1.165, 1.54) is 6.07 Å². The van der Waals surface area contributed by atoms with Crippen LogP contribution in [0, 0.1) is 24.0 Å². The lowest BCUT2D eigenvalue weighted by Crippen LogP contribution is -2.04. The second-order valence-corrected chi connectivity index (χ2v) is 4.22. The summed E-state index contributed by atoms with van der Waals surface area (Å²) in [7, 11) is 0. The first kappa shape index (κ1) is 12.9. The van der Waals surface area contributed by atoms with Gasteiger partial charge < -0.3 is 5.32 Å². The van der Waals surface area contributed by atoms with Crippen LogP contribution in [0.2, 0.25) is 0 Å². The molecule has 1 aromatic carbocycles. The molecule has 1 aromatic heterocycles. The molecule has 0 unspecified atom stereocenters. The Bertz CT molecular complexity index is 593. The van der Waals surface area contributed by atoms with Gasteiger partial charge in [-0.15, -0.1) is 0 Å². The highest BCUT2D eigenvalue weighted by atomic mass is 16.6. The van der Waals surface area contributed by atoms with Crippen LogP contribution in [-0.2, 0) is 6.54 Å². The maximum atomic E-state index is 10.7. The van der Waals surface area contributed by atoms with Crippen LogP contribution in [0.25, 0.3) is 0 Å². The van der Waals surface area contributed by atoms with Gasteiger partial charge in [-0.05, 0) is 19.4 Å². The summed E-state index contributed by atoms with van der Waals surface area (Å²) in [6.45, 7) is 4.20. The number of rotatable bonds is 4. The third kappa shape index (κ3) is 3.48. The van der Waals surface area contributed by atoms with Crippen molar-refractivity contribution in [2.45, 2.75) is 20.4 Å². The van der Waals surface area contributed by atoms with Gasteiger partial charge in [-0.3, -0.25) is 10.1 Å². The van der Waals surface area contributed by atoms with Crippen molar-refractivity contribution in [3.63, 3.8) is 0 Å². The molecule has 0 radical (unpaired) electrons. The van der Waals surface area contributed by atoms with Gasteiger partial charge >= 0.3 is 0 Å². The lowest BCUT2D eigenvalue weighted by molar-refractivity contribution is -0.384. The molecule has 1 heterocycles. The third-order valence-corrected chi connectivity index (χ3v) is 2.56. The SMILES string of the molecule is Cc1cc(NCc2cccc([N+](=O)[O-])c2)nc(C)n1. The number of nitro groups is 1. The summed E-state index contributed by atoms with van der Waals surface area (Å²) in [6.07, 6.45) is 0. The molecule has 0 saturated heterocycles. The molecule has 0 atom stereocenters. The molecular weight excluding hydrogens is 244 g/mol. The predicted octanol–water partition coefficient (Wildman–Crippen LogP) is 2.61. The summed E-state index contributed by atoms with van der Waals surface area (Å²) in [6, 6.07) is 8.37.